The fourth-order valence-corrected chi connectivity index (χ4v) is 9.81. The van der Waals surface area contributed by atoms with Crippen LogP contribution in [-0.4, -0.2) is 215 Å². The molecule has 1 aromatic rings. The molecular weight excluding hydrogens is 1030 g/mol. The van der Waals surface area contributed by atoms with Crippen LogP contribution in [0.15, 0.2) is 30.3 Å². The lowest BCUT2D eigenvalue weighted by Crippen LogP contribution is -2.60. The molecule has 0 aliphatic carbocycles. The highest BCUT2D eigenvalue weighted by Gasteiger charge is 2.42. The molecule has 0 aromatic heterocycles. The molecule has 450 valence electrons. The van der Waals surface area contributed by atoms with E-state index in [2.05, 4.69) is 26.6 Å². The third-order valence-corrected chi connectivity index (χ3v) is 14.7. The Hall–Kier alpha value is -6.65. The second kappa shape index (κ2) is 32.0. The molecule has 0 radical (unpaired) electrons. The SMILES string of the molecule is CN[C@@H](C)C(=O)N[C@@H](CC(C)C)C(=O)N1CCC[C@H]1C(=O)N[C@@H](C)C(=O)N(C)[C@@H](Cc1ccccc1)C(=O)N[C@@H](CC(C)C)C(=O)N(C)[C@@H](C)C(=O)N(C)[C@@H](CC(C)C)C(=O)N[C@@H](C)C(=O)N(C)[C@H](C(=O)N(C)CC(=O)O)C(C)C. The van der Waals surface area contributed by atoms with Gasteiger partial charge < -0.3 is 61.1 Å². The van der Waals surface area contributed by atoms with Crippen LogP contribution >= 0.6 is 0 Å². The lowest BCUT2D eigenvalue weighted by molar-refractivity contribution is -0.151. The summed E-state index contributed by atoms with van der Waals surface area (Å²) in [5.74, 6) is -7.58. The van der Waals surface area contributed by atoms with Crippen LogP contribution in [0.3, 0.4) is 0 Å². The average molecular weight is 1130 g/mol. The molecular formula is C57H95N11O12. The van der Waals surface area contributed by atoms with Gasteiger partial charge in [0.1, 0.15) is 60.9 Å². The minimum atomic E-state index is -1.22. The summed E-state index contributed by atoms with van der Waals surface area (Å²) in [6.45, 7) is 20.5. The predicted molar refractivity (Wildman–Crippen MR) is 303 cm³/mol. The first-order chi connectivity index (χ1) is 37.2. The van der Waals surface area contributed by atoms with E-state index in [0.717, 1.165) is 4.90 Å². The summed E-state index contributed by atoms with van der Waals surface area (Å²) in [5.41, 5.74) is 0.698. The molecule has 1 aromatic carbocycles. The Kier molecular flexibility index (Phi) is 27.7. The molecule has 1 aliphatic heterocycles. The Labute approximate surface area is 474 Å². The summed E-state index contributed by atoms with van der Waals surface area (Å²) in [5, 5.41) is 23.3. The fourth-order valence-electron chi connectivity index (χ4n) is 9.81. The fraction of sp³-hybridized carbons (Fsp3) is 0.702. The van der Waals surface area contributed by atoms with E-state index in [1.54, 1.807) is 58.2 Å². The standard InChI is InChI=1S/C57H95N11O12/c1-32(2)27-41(55(78)64(15)39(12)54(77)66(17)44(29-34(5)6)50(73)60-38(11)53(76)67(18)47(35(7)8)57(80)63(14)31-46(69)70)62-51(74)45(30-40-23-20-19-21-24-40)65(16)52(75)37(10)59-49(72)43-25-22-26-68(43)56(79)42(28-33(3)4)61-48(71)36(9)58-13/h19-21,23-24,32-39,41-45,47,58H,22,25-31H2,1-18H3,(H,59,72)(H,60,73)(H,61,71)(H,62,74)(H,69,70)/t36-,37-,38-,39-,41-,42-,43-,44-,45-,47-/m0/s1. The largest absolute Gasteiger partial charge is 0.480 e. The summed E-state index contributed by atoms with van der Waals surface area (Å²) in [6.07, 6.45) is 1.53. The van der Waals surface area contributed by atoms with Gasteiger partial charge in [0.15, 0.2) is 0 Å². The van der Waals surface area contributed by atoms with Crippen LogP contribution in [0.2, 0.25) is 0 Å². The molecule has 1 heterocycles. The summed E-state index contributed by atoms with van der Waals surface area (Å²) in [6, 6.07) is -1.45. The van der Waals surface area contributed by atoms with Crippen molar-refractivity contribution in [1.29, 1.82) is 0 Å². The third kappa shape index (κ3) is 19.9. The Bertz CT molecular complexity index is 2320. The Morgan fingerprint density at radius 1 is 0.562 bits per heavy atom. The van der Waals surface area contributed by atoms with E-state index in [1.807, 2.05) is 41.5 Å². The second-order valence-electron chi connectivity index (χ2n) is 23.1. The zero-order valence-corrected chi connectivity index (χ0v) is 50.7. The number of hydrogen-bond donors (Lipinski definition) is 6. The minimum absolute atomic E-state index is 0.0219. The number of benzene rings is 1. The van der Waals surface area contributed by atoms with Crippen LogP contribution in [0.1, 0.15) is 121 Å². The number of likely N-dealkylation sites (tertiary alicyclic amines) is 1. The monoisotopic (exact) mass is 1130 g/mol. The molecule has 0 spiro atoms. The van der Waals surface area contributed by atoms with Crippen LogP contribution in [0.25, 0.3) is 0 Å². The van der Waals surface area contributed by atoms with E-state index >= 15 is 0 Å². The summed E-state index contributed by atoms with van der Waals surface area (Å²) in [7, 11) is 8.63. The highest BCUT2D eigenvalue weighted by Crippen LogP contribution is 2.23. The predicted octanol–water partition coefficient (Wildman–Crippen LogP) is 1.47. The molecule has 1 aliphatic rings. The van der Waals surface area contributed by atoms with Gasteiger partial charge in [0.2, 0.25) is 59.1 Å². The van der Waals surface area contributed by atoms with Gasteiger partial charge in [-0.15, -0.1) is 0 Å². The Morgan fingerprint density at radius 3 is 1.59 bits per heavy atom. The summed E-state index contributed by atoms with van der Waals surface area (Å²) < 4.78 is 0. The summed E-state index contributed by atoms with van der Waals surface area (Å²) >= 11 is 0. The van der Waals surface area contributed by atoms with Gasteiger partial charge in [-0.1, -0.05) is 85.7 Å². The van der Waals surface area contributed by atoms with Crippen LogP contribution in [-0.2, 0) is 59.2 Å². The number of nitrogens with zero attached hydrogens (tertiary/aromatic N) is 6. The number of carbonyl (C=O) groups is 11. The van der Waals surface area contributed by atoms with Crippen molar-refractivity contribution in [2.24, 2.45) is 23.7 Å². The van der Waals surface area contributed by atoms with Crippen molar-refractivity contribution in [2.45, 2.75) is 182 Å². The van der Waals surface area contributed by atoms with Gasteiger partial charge in [-0.2, -0.15) is 0 Å². The summed E-state index contributed by atoms with van der Waals surface area (Å²) in [4.78, 5) is 159. The molecule has 0 bridgehead atoms. The number of likely N-dealkylation sites (N-methyl/N-ethyl adjacent to an activating group) is 6. The van der Waals surface area contributed by atoms with E-state index in [1.165, 1.54) is 80.5 Å². The molecule has 0 saturated carbocycles. The normalized spacial score (nSPS) is 16.7. The van der Waals surface area contributed by atoms with Crippen molar-refractivity contribution in [2.75, 3.05) is 55.4 Å². The van der Waals surface area contributed by atoms with Crippen LogP contribution in [0.5, 0.6) is 0 Å². The molecule has 1 saturated heterocycles. The zero-order valence-electron chi connectivity index (χ0n) is 50.7. The van der Waals surface area contributed by atoms with Gasteiger partial charge in [0.05, 0.1) is 6.04 Å². The smallest absolute Gasteiger partial charge is 0.323 e. The van der Waals surface area contributed by atoms with E-state index in [4.69, 9.17) is 0 Å². The van der Waals surface area contributed by atoms with Crippen LogP contribution in [0.4, 0.5) is 0 Å². The molecule has 23 nitrogen and oxygen atoms in total. The molecule has 80 heavy (non-hydrogen) atoms. The lowest BCUT2D eigenvalue weighted by Gasteiger charge is -2.36. The molecule has 2 rings (SSSR count). The number of hydrogen-bond acceptors (Lipinski definition) is 12. The number of nitrogens with one attached hydrogen (secondary N) is 5. The Balaban J connectivity index is 2.38. The molecule has 0 unspecified atom stereocenters. The number of carbonyl (C=O) groups excluding carboxylic acids is 10. The second-order valence-corrected chi connectivity index (χ2v) is 23.1. The van der Waals surface area contributed by atoms with Crippen molar-refractivity contribution >= 4 is 65.0 Å². The number of amides is 10. The molecule has 6 N–H and O–H groups in total. The highest BCUT2D eigenvalue weighted by atomic mass is 16.4. The van der Waals surface area contributed by atoms with E-state index in [-0.39, 0.29) is 49.5 Å². The quantitative estimate of drug-likeness (QED) is 0.0638. The maximum Gasteiger partial charge on any atom is 0.323 e. The van der Waals surface area contributed by atoms with Gasteiger partial charge in [-0.05, 0) is 96.1 Å². The van der Waals surface area contributed by atoms with Crippen LogP contribution in [0, 0.1) is 23.7 Å². The van der Waals surface area contributed by atoms with Crippen molar-refractivity contribution in [1.82, 2.24) is 56.0 Å². The van der Waals surface area contributed by atoms with Crippen LogP contribution < -0.4 is 26.6 Å². The van der Waals surface area contributed by atoms with Crippen molar-refractivity contribution in [3.8, 4) is 0 Å². The number of aliphatic carboxylic acids is 1. The molecule has 1 fully saturated rings. The van der Waals surface area contributed by atoms with E-state index in [9.17, 15) is 57.8 Å². The first-order valence-electron chi connectivity index (χ1n) is 27.9. The van der Waals surface area contributed by atoms with Gasteiger partial charge in [0.25, 0.3) is 0 Å². The lowest BCUT2D eigenvalue weighted by atomic mass is 9.99. The van der Waals surface area contributed by atoms with Crippen molar-refractivity contribution in [3.63, 3.8) is 0 Å². The van der Waals surface area contributed by atoms with E-state index < -0.39 is 132 Å². The Morgan fingerprint density at radius 2 is 1.06 bits per heavy atom. The topological polar surface area (TPSA) is 288 Å². The number of carboxylic acid groups (broad SMARTS) is 1. The average Bonchev–Trinajstić information content (AvgIpc) is 3.90. The number of carboxylic acids is 1. The maximum absolute atomic E-state index is 14.7. The van der Waals surface area contributed by atoms with Crippen molar-refractivity contribution < 1.29 is 57.8 Å². The van der Waals surface area contributed by atoms with Crippen molar-refractivity contribution in [3.05, 3.63) is 35.9 Å². The third-order valence-electron chi connectivity index (χ3n) is 14.7. The first-order valence-corrected chi connectivity index (χ1v) is 27.9. The molecule has 10 amide bonds. The highest BCUT2D eigenvalue weighted by molar-refractivity contribution is 5.99. The van der Waals surface area contributed by atoms with Gasteiger partial charge >= 0.3 is 5.97 Å². The van der Waals surface area contributed by atoms with Gasteiger partial charge in [-0.25, -0.2) is 0 Å². The number of rotatable bonds is 30. The minimum Gasteiger partial charge on any atom is -0.480 e. The van der Waals surface area contributed by atoms with Gasteiger partial charge in [0, 0.05) is 48.2 Å². The van der Waals surface area contributed by atoms with E-state index in [0.29, 0.717) is 24.8 Å². The first kappa shape index (κ1) is 69.5. The molecule has 10 atom stereocenters. The molecule has 23 heteroatoms. The van der Waals surface area contributed by atoms with Gasteiger partial charge in [-0.3, -0.25) is 52.7 Å². The zero-order chi connectivity index (χ0) is 61.2. The maximum atomic E-state index is 14.7.